The van der Waals surface area contributed by atoms with E-state index in [1.807, 2.05) is 0 Å². The Labute approximate surface area is 165 Å². The van der Waals surface area contributed by atoms with Crippen LogP contribution < -0.4 is 0 Å². The van der Waals surface area contributed by atoms with E-state index in [0.717, 1.165) is 6.07 Å². The molecule has 3 rings (SSSR count). The van der Waals surface area contributed by atoms with Crippen molar-refractivity contribution in [3.8, 4) is 11.1 Å². The third kappa shape index (κ3) is 3.23. The molecule has 0 aromatic heterocycles. The van der Waals surface area contributed by atoms with Crippen molar-refractivity contribution in [1.82, 2.24) is 0 Å². The summed E-state index contributed by atoms with van der Waals surface area (Å²) in [5.41, 5.74) is -11.9. The van der Waals surface area contributed by atoms with E-state index in [1.54, 1.807) is 0 Å². The Morgan fingerprint density at radius 2 is 1.25 bits per heavy atom. The van der Waals surface area contributed by atoms with Gasteiger partial charge in [-0.2, -0.15) is 26.3 Å². The first kappa shape index (κ1) is 22.7. The smallest absolute Gasteiger partial charge is 0.214 e. The van der Waals surface area contributed by atoms with E-state index < -0.39 is 52.5 Å². The fourth-order valence-electron chi connectivity index (χ4n) is 2.91. The second-order valence-corrected chi connectivity index (χ2v) is 9.44. The molecular weight excluding hydrogens is 478 g/mol. The van der Waals surface area contributed by atoms with E-state index in [4.69, 9.17) is 0 Å². The third-order valence-corrected chi connectivity index (χ3v) is 7.34. The number of halogens is 6. The van der Waals surface area contributed by atoms with E-state index in [2.05, 4.69) is 0 Å². The van der Waals surface area contributed by atoms with Gasteiger partial charge in [-0.1, -0.05) is 30.3 Å². The Morgan fingerprint density at radius 3 is 1.79 bits per heavy atom. The number of hydrogen-bond donors (Lipinski definition) is 0. The molecule has 13 heteroatoms. The molecule has 0 fully saturated rings. The van der Waals surface area contributed by atoms with Crippen LogP contribution in [-0.2, 0) is 43.2 Å². The SMILES string of the molecule is O=S(=O)(c1ccc2c(c1S(=O)(=O)C(F)(F)F)Cc1ccccc1-2)C(F)(F)F.[Fe]. The second kappa shape index (κ2) is 6.75. The summed E-state index contributed by atoms with van der Waals surface area (Å²) in [6.45, 7) is 0. The number of sulfone groups is 2. The topological polar surface area (TPSA) is 68.3 Å². The summed E-state index contributed by atoms with van der Waals surface area (Å²) in [5, 5.41) is 0. The zero-order valence-corrected chi connectivity index (χ0v) is 16.0. The van der Waals surface area contributed by atoms with Crippen molar-refractivity contribution in [1.29, 1.82) is 0 Å². The van der Waals surface area contributed by atoms with Crippen LogP contribution in [0.3, 0.4) is 0 Å². The van der Waals surface area contributed by atoms with E-state index in [9.17, 15) is 43.2 Å². The Kier molecular flexibility index (Phi) is 5.48. The van der Waals surface area contributed by atoms with Gasteiger partial charge in [-0.25, -0.2) is 16.8 Å². The fraction of sp³-hybridized carbons (Fsp3) is 0.200. The van der Waals surface area contributed by atoms with Crippen LogP contribution in [0.25, 0.3) is 11.1 Å². The normalized spacial score (nSPS) is 14.2. The number of benzene rings is 2. The van der Waals surface area contributed by atoms with Crippen molar-refractivity contribution in [2.75, 3.05) is 0 Å². The second-order valence-electron chi connectivity index (χ2n) is 5.65. The summed E-state index contributed by atoms with van der Waals surface area (Å²) < 4.78 is 126. The van der Waals surface area contributed by atoms with Crippen molar-refractivity contribution >= 4 is 19.7 Å². The van der Waals surface area contributed by atoms with Gasteiger partial charge in [-0.3, -0.25) is 0 Å². The number of fused-ring (bicyclic) bond motifs is 3. The van der Waals surface area contributed by atoms with Crippen LogP contribution in [0, 0.1) is 0 Å². The van der Waals surface area contributed by atoms with Crippen LogP contribution in [-0.4, -0.2) is 27.9 Å². The summed E-state index contributed by atoms with van der Waals surface area (Å²) >= 11 is 0. The van der Waals surface area contributed by atoms with Crippen molar-refractivity contribution in [3.63, 3.8) is 0 Å². The van der Waals surface area contributed by atoms with Gasteiger partial charge in [0.25, 0.3) is 19.7 Å². The molecule has 0 radical (unpaired) electrons. The molecule has 0 atom stereocenters. The molecule has 2 aromatic carbocycles. The van der Waals surface area contributed by atoms with Crippen LogP contribution in [0.15, 0.2) is 46.2 Å². The Balaban J connectivity index is 0.00000280. The van der Waals surface area contributed by atoms with E-state index in [1.165, 1.54) is 24.3 Å². The molecule has 0 saturated heterocycles. The Hall–Kier alpha value is -1.56. The number of hydrogen-bond acceptors (Lipinski definition) is 4. The molecule has 1 aliphatic carbocycles. The summed E-state index contributed by atoms with van der Waals surface area (Å²) in [6.07, 6.45) is -0.447. The minimum Gasteiger partial charge on any atom is -0.214 e. The van der Waals surface area contributed by atoms with Gasteiger partial charge in [0.15, 0.2) is 0 Å². The predicted molar refractivity (Wildman–Crippen MR) is 81.2 cm³/mol. The Bertz CT molecular complexity index is 1150. The molecule has 0 aliphatic heterocycles. The molecule has 0 heterocycles. The predicted octanol–water partition coefficient (Wildman–Crippen LogP) is 3.84. The van der Waals surface area contributed by atoms with Crippen molar-refractivity contribution in [2.45, 2.75) is 27.2 Å². The average molecular weight is 486 g/mol. The molecule has 0 spiro atoms. The van der Waals surface area contributed by atoms with Gasteiger partial charge in [0.05, 0.1) is 9.79 Å². The molecule has 1 aliphatic rings. The maximum Gasteiger partial charge on any atom is 0.501 e. The van der Waals surface area contributed by atoms with Crippen molar-refractivity contribution in [3.05, 3.63) is 47.5 Å². The fourth-order valence-corrected chi connectivity index (χ4v) is 5.50. The van der Waals surface area contributed by atoms with Gasteiger partial charge < -0.3 is 0 Å². The minimum atomic E-state index is -6.37. The standard InChI is InChI=1S/C15H8F6O4S2.Fe/c16-14(17,18)26(22,23)12-6-5-10-9-4-2-1-3-8(9)7-11(10)13(12)27(24,25)15(19,20)21;/h1-6H,7H2;. The average Bonchev–Trinajstić information content (AvgIpc) is 2.90. The molecule has 2 aromatic rings. The van der Waals surface area contributed by atoms with Crippen LogP contribution in [0.4, 0.5) is 26.3 Å². The van der Waals surface area contributed by atoms with Gasteiger partial charge in [0, 0.05) is 23.5 Å². The van der Waals surface area contributed by atoms with Crippen molar-refractivity contribution < 1.29 is 60.2 Å². The summed E-state index contributed by atoms with van der Waals surface area (Å²) in [5.74, 6) is 0. The first-order valence-corrected chi connectivity index (χ1v) is 10.0. The largest absolute Gasteiger partial charge is 0.501 e. The van der Waals surface area contributed by atoms with E-state index in [-0.39, 0.29) is 28.7 Å². The minimum absolute atomic E-state index is 0. The van der Waals surface area contributed by atoms with Gasteiger partial charge >= 0.3 is 11.0 Å². The van der Waals surface area contributed by atoms with Crippen LogP contribution in [0.2, 0.25) is 0 Å². The molecule has 154 valence electrons. The monoisotopic (exact) mass is 486 g/mol. The molecule has 0 unspecified atom stereocenters. The van der Waals surface area contributed by atoms with E-state index in [0.29, 0.717) is 11.1 Å². The quantitative estimate of drug-likeness (QED) is 0.408. The maximum absolute atomic E-state index is 13.1. The maximum atomic E-state index is 13.1. The molecular formula is C15H8F6FeO4S2. The summed E-state index contributed by atoms with van der Waals surface area (Å²) in [4.78, 5) is -3.81. The van der Waals surface area contributed by atoms with Crippen LogP contribution in [0.5, 0.6) is 0 Å². The molecule has 28 heavy (non-hydrogen) atoms. The summed E-state index contributed by atoms with van der Waals surface area (Å²) in [7, 11) is -12.7. The number of rotatable bonds is 2. The Morgan fingerprint density at radius 1 is 0.714 bits per heavy atom. The van der Waals surface area contributed by atoms with Gasteiger partial charge in [0.1, 0.15) is 0 Å². The van der Waals surface area contributed by atoms with E-state index >= 15 is 0 Å². The van der Waals surface area contributed by atoms with Crippen molar-refractivity contribution in [2.24, 2.45) is 0 Å². The summed E-state index contributed by atoms with van der Waals surface area (Å²) in [6, 6.07) is 7.06. The third-order valence-electron chi connectivity index (χ3n) is 4.07. The van der Waals surface area contributed by atoms with Gasteiger partial charge in [0.2, 0.25) is 0 Å². The van der Waals surface area contributed by atoms with Gasteiger partial charge in [-0.05, 0) is 28.3 Å². The van der Waals surface area contributed by atoms with Gasteiger partial charge in [-0.15, -0.1) is 0 Å². The number of alkyl halides is 6. The first-order valence-electron chi connectivity index (χ1n) is 7.06. The molecule has 0 amide bonds. The molecule has 0 bridgehead atoms. The molecule has 4 nitrogen and oxygen atoms in total. The molecule has 0 N–H and O–H groups in total. The molecule has 0 saturated carbocycles. The zero-order chi connectivity index (χ0) is 20.4. The zero-order valence-electron chi connectivity index (χ0n) is 13.2. The first-order chi connectivity index (χ1) is 12.2. The van der Waals surface area contributed by atoms with Crippen LogP contribution >= 0.6 is 0 Å². The van der Waals surface area contributed by atoms with Crippen LogP contribution in [0.1, 0.15) is 11.1 Å².